The average Bonchev–Trinajstić information content (AvgIpc) is 3.20. The van der Waals surface area contributed by atoms with E-state index in [1.807, 2.05) is 17.8 Å². The van der Waals surface area contributed by atoms with Crippen LogP contribution in [0.1, 0.15) is 68.3 Å². The Hall–Kier alpha value is -1.66. The SMILES string of the molecule is Cc1nn(C(C)C)c(C)c1CN1[C@H]2CC[C@H]1CC(O)(c1nccn1C)C2. The topological polar surface area (TPSA) is 59.1 Å². The second-order valence-electron chi connectivity index (χ2n) is 8.55. The third-order valence-electron chi connectivity index (χ3n) is 6.46. The zero-order valence-electron chi connectivity index (χ0n) is 16.6. The number of hydrogen-bond donors (Lipinski definition) is 1. The number of nitrogens with zero attached hydrogens (tertiary/aromatic N) is 5. The summed E-state index contributed by atoms with van der Waals surface area (Å²) in [6.07, 6.45) is 7.57. The first kappa shape index (κ1) is 17.7. The van der Waals surface area contributed by atoms with E-state index in [4.69, 9.17) is 5.10 Å². The van der Waals surface area contributed by atoms with Gasteiger partial charge < -0.3 is 9.67 Å². The largest absolute Gasteiger partial charge is 0.382 e. The molecule has 6 heteroatoms. The molecule has 2 aromatic rings. The van der Waals surface area contributed by atoms with E-state index in [1.54, 1.807) is 6.20 Å². The predicted molar refractivity (Wildman–Crippen MR) is 101 cm³/mol. The average molecular weight is 358 g/mol. The molecule has 2 aliphatic rings. The van der Waals surface area contributed by atoms with Crippen molar-refractivity contribution in [2.24, 2.45) is 7.05 Å². The summed E-state index contributed by atoms with van der Waals surface area (Å²) in [6, 6.07) is 1.21. The minimum atomic E-state index is -0.799. The van der Waals surface area contributed by atoms with Crippen molar-refractivity contribution >= 4 is 0 Å². The molecule has 0 saturated carbocycles. The fourth-order valence-corrected chi connectivity index (χ4v) is 5.18. The molecule has 0 unspecified atom stereocenters. The molecule has 0 spiro atoms. The first-order valence-corrected chi connectivity index (χ1v) is 9.80. The van der Waals surface area contributed by atoms with Crippen LogP contribution in [-0.4, -0.2) is 41.4 Å². The zero-order valence-corrected chi connectivity index (χ0v) is 16.6. The van der Waals surface area contributed by atoms with Gasteiger partial charge in [-0.25, -0.2) is 4.98 Å². The molecular formula is C20H31N5O. The third kappa shape index (κ3) is 2.70. The van der Waals surface area contributed by atoms with E-state index >= 15 is 0 Å². The van der Waals surface area contributed by atoms with Gasteiger partial charge >= 0.3 is 0 Å². The number of aryl methyl sites for hydroxylation is 2. The Balaban J connectivity index is 1.58. The summed E-state index contributed by atoms with van der Waals surface area (Å²) in [5.74, 6) is 0.814. The molecule has 2 fully saturated rings. The Morgan fingerprint density at radius 2 is 1.88 bits per heavy atom. The normalized spacial score (nSPS) is 29.0. The monoisotopic (exact) mass is 357 g/mol. The van der Waals surface area contributed by atoms with Crippen molar-refractivity contribution in [1.82, 2.24) is 24.2 Å². The molecule has 142 valence electrons. The van der Waals surface area contributed by atoms with E-state index in [-0.39, 0.29) is 0 Å². The molecule has 2 bridgehead atoms. The van der Waals surface area contributed by atoms with E-state index in [2.05, 4.69) is 42.3 Å². The maximum absolute atomic E-state index is 11.3. The molecule has 1 N–H and O–H groups in total. The first-order valence-electron chi connectivity index (χ1n) is 9.80. The number of imidazole rings is 1. The summed E-state index contributed by atoms with van der Waals surface area (Å²) in [4.78, 5) is 7.06. The number of rotatable bonds is 4. The molecule has 2 saturated heterocycles. The first-order chi connectivity index (χ1) is 12.3. The van der Waals surface area contributed by atoms with Crippen molar-refractivity contribution < 1.29 is 5.11 Å². The Bertz CT molecular complexity index is 791. The van der Waals surface area contributed by atoms with Gasteiger partial charge in [-0.05, 0) is 53.4 Å². The fraction of sp³-hybridized carbons (Fsp3) is 0.700. The fourth-order valence-electron chi connectivity index (χ4n) is 5.18. The molecule has 0 aromatic carbocycles. The van der Waals surface area contributed by atoms with Crippen molar-refractivity contribution in [3.05, 3.63) is 35.2 Å². The number of piperidine rings is 1. The Kier molecular flexibility index (Phi) is 4.23. The van der Waals surface area contributed by atoms with Crippen LogP contribution < -0.4 is 0 Å². The van der Waals surface area contributed by atoms with Crippen molar-refractivity contribution in [3.63, 3.8) is 0 Å². The Morgan fingerprint density at radius 3 is 2.38 bits per heavy atom. The highest BCUT2D eigenvalue weighted by atomic mass is 16.3. The molecule has 2 aliphatic heterocycles. The predicted octanol–water partition coefficient (Wildman–Crippen LogP) is 2.83. The smallest absolute Gasteiger partial charge is 0.140 e. The molecule has 6 nitrogen and oxygen atoms in total. The van der Waals surface area contributed by atoms with Crippen molar-refractivity contribution in [2.75, 3.05) is 0 Å². The number of aromatic nitrogens is 4. The van der Waals surface area contributed by atoms with Gasteiger partial charge in [-0.15, -0.1) is 0 Å². The van der Waals surface area contributed by atoms with Crippen molar-refractivity contribution in [1.29, 1.82) is 0 Å². The highest BCUT2D eigenvalue weighted by molar-refractivity contribution is 5.26. The van der Waals surface area contributed by atoms with Crippen LogP contribution in [0.5, 0.6) is 0 Å². The second kappa shape index (κ2) is 6.20. The van der Waals surface area contributed by atoms with Crippen LogP contribution >= 0.6 is 0 Å². The summed E-state index contributed by atoms with van der Waals surface area (Å²) in [6.45, 7) is 9.61. The third-order valence-corrected chi connectivity index (χ3v) is 6.46. The molecule has 2 aromatic heterocycles. The molecule has 4 heterocycles. The van der Waals surface area contributed by atoms with Crippen molar-refractivity contribution in [3.8, 4) is 0 Å². The molecule has 26 heavy (non-hydrogen) atoms. The van der Waals surface area contributed by atoms with Crippen LogP contribution in [0.3, 0.4) is 0 Å². The maximum atomic E-state index is 11.3. The van der Waals surface area contributed by atoms with Gasteiger partial charge in [-0.1, -0.05) is 0 Å². The van der Waals surface area contributed by atoms with Gasteiger partial charge in [0, 0.05) is 55.4 Å². The van der Waals surface area contributed by atoms with E-state index < -0.39 is 5.60 Å². The quantitative estimate of drug-likeness (QED) is 0.914. The van der Waals surface area contributed by atoms with Gasteiger partial charge in [0.2, 0.25) is 0 Å². The van der Waals surface area contributed by atoms with Gasteiger partial charge in [0.05, 0.1) is 5.69 Å². The van der Waals surface area contributed by atoms with Crippen LogP contribution in [0, 0.1) is 13.8 Å². The lowest BCUT2D eigenvalue weighted by molar-refractivity contribution is -0.0670. The minimum absolute atomic E-state index is 0.383. The van der Waals surface area contributed by atoms with Crippen LogP contribution in [0.15, 0.2) is 12.4 Å². The summed E-state index contributed by atoms with van der Waals surface area (Å²) < 4.78 is 4.11. The molecule has 0 radical (unpaired) electrons. The lowest BCUT2D eigenvalue weighted by atomic mass is 9.85. The number of aliphatic hydroxyl groups is 1. The number of fused-ring (bicyclic) bond motifs is 2. The lowest BCUT2D eigenvalue weighted by Crippen LogP contribution is -2.50. The zero-order chi connectivity index (χ0) is 18.6. The molecular weight excluding hydrogens is 326 g/mol. The lowest BCUT2D eigenvalue weighted by Gasteiger charge is -2.43. The van der Waals surface area contributed by atoms with Crippen LogP contribution in [0.2, 0.25) is 0 Å². The van der Waals surface area contributed by atoms with Crippen molar-refractivity contribution in [2.45, 2.75) is 83.6 Å². The van der Waals surface area contributed by atoms with E-state index in [0.29, 0.717) is 18.1 Å². The summed E-state index contributed by atoms with van der Waals surface area (Å²) >= 11 is 0. The van der Waals surface area contributed by atoms with Crippen LogP contribution in [-0.2, 0) is 19.2 Å². The Labute approximate surface area is 155 Å². The molecule has 0 aliphatic carbocycles. The van der Waals surface area contributed by atoms with E-state index in [0.717, 1.165) is 43.7 Å². The standard InChI is InChI=1S/C20H31N5O/c1-13(2)25-15(4)18(14(3)22-25)12-24-16-6-7-17(24)11-20(26,10-16)19-21-8-9-23(19)5/h8-9,13,16-17,26H,6-7,10-12H2,1-5H3/t16-,17-/m0/s1. The van der Waals surface area contributed by atoms with Gasteiger partial charge in [-0.3, -0.25) is 9.58 Å². The van der Waals surface area contributed by atoms with Gasteiger partial charge in [0.15, 0.2) is 0 Å². The second-order valence-corrected chi connectivity index (χ2v) is 8.55. The molecule has 0 amide bonds. The van der Waals surface area contributed by atoms with Crippen LogP contribution in [0.4, 0.5) is 0 Å². The van der Waals surface area contributed by atoms with E-state index in [9.17, 15) is 5.11 Å². The highest BCUT2D eigenvalue weighted by Gasteiger charge is 2.50. The van der Waals surface area contributed by atoms with E-state index in [1.165, 1.54) is 11.3 Å². The summed E-state index contributed by atoms with van der Waals surface area (Å²) in [7, 11) is 1.97. The molecule has 2 atom stereocenters. The number of hydrogen-bond acceptors (Lipinski definition) is 4. The maximum Gasteiger partial charge on any atom is 0.140 e. The van der Waals surface area contributed by atoms with Gasteiger partial charge in [-0.2, -0.15) is 5.10 Å². The Morgan fingerprint density at radius 1 is 1.23 bits per heavy atom. The van der Waals surface area contributed by atoms with Gasteiger partial charge in [0.25, 0.3) is 0 Å². The summed E-state index contributed by atoms with van der Waals surface area (Å²) in [5, 5.41) is 16.1. The molecule has 4 rings (SSSR count). The van der Waals surface area contributed by atoms with Gasteiger partial charge in [0.1, 0.15) is 11.4 Å². The summed E-state index contributed by atoms with van der Waals surface area (Å²) in [5.41, 5.74) is 2.98. The highest BCUT2D eigenvalue weighted by Crippen LogP contribution is 2.46. The minimum Gasteiger partial charge on any atom is -0.382 e. The van der Waals surface area contributed by atoms with Crippen LogP contribution in [0.25, 0.3) is 0 Å².